The molecule has 0 bridgehead atoms. The van der Waals surface area contributed by atoms with Crippen molar-refractivity contribution in [2.45, 2.75) is 6.10 Å². The van der Waals surface area contributed by atoms with Crippen molar-refractivity contribution >= 4 is 43.5 Å². The average Bonchev–Trinajstić information content (AvgIpc) is 2.28. The van der Waals surface area contributed by atoms with E-state index in [1.165, 1.54) is 0 Å². The first-order chi connectivity index (χ1) is 8.08. The van der Waals surface area contributed by atoms with Crippen LogP contribution in [-0.2, 0) is 0 Å². The summed E-state index contributed by atoms with van der Waals surface area (Å²) in [5.41, 5.74) is 1.28. The predicted octanol–water partition coefficient (Wildman–Crippen LogP) is 4.34. The minimum Gasteiger partial charge on any atom is -0.382 e. The summed E-state index contributed by atoms with van der Waals surface area (Å²) in [7, 11) is 0. The van der Waals surface area contributed by atoms with Gasteiger partial charge in [0.05, 0.1) is 5.69 Å². The number of aliphatic hydroxyl groups excluding tert-OH is 1. The molecule has 2 aromatic rings. The lowest BCUT2D eigenvalue weighted by Gasteiger charge is -2.12. The van der Waals surface area contributed by atoms with Gasteiger partial charge in [0.15, 0.2) is 0 Å². The van der Waals surface area contributed by atoms with E-state index >= 15 is 0 Å². The van der Waals surface area contributed by atoms with E-state index in [1.54, 1.807) is 24.4 Å². The lowest BCUT2D eigenvalue weighted by Crippen LogP contribution is -2.03. The summed E-state index contributed by atoms with van der Waals surface area (Å²) in [6, 6.07) is 8.95. The van der Waals surface area contributed by atoms with E-state index in [0.29, 0.717) is 16.3 Å². The molecule has 1 aromatic carbocycles. The molecule has 2 rings (SSSR count). The Balaban J connectivity index is 2.40. The smallest absolute Gasteiger partial charge is 0.122 e. The van der Waals surface area contributed by atoms with Crippen LogP contribution in [0.25, 0.3) is 0 Å². The van der Waals surface area contributed by atoms with Crippen LogP contribution in [0, 0.1) is 0 Å². The largest absolute Gasteiger partial charge is 0.382 e. The lowest BCUT2D eigenvalue weighted by molar-refractivity contribution is 0.214. The number of hydrogen-bond donors (Lipinski definition) is 1. The second kappa shape index (κ2) is 5.48. The van der Waals surface area contributed by atoms with Gasteiger partial charge in [-0.1, -0.05) is 23.7 Å². The van der Waals surface area contributed by atoms with Gasteiger partial charge in [0, 0.05) is 20.2 Å². The van der Waals surface area contributed by atoms with Crippen molar-refractivity contribution in [1.29, 1.82) is 0 Å². The van der Waals surface area contributed by atoms with Crippen molar-refractivity contribution in [1.82, 2.24) is 4.98 Å². The van der Waals surface area contributed by atoms with Crippen LogP contribution in [0.1, 0.15) is 17.4 Å². The maximum Gasteiger partial charge on any atom is 0.122 e. The van der Waals surface area contributed by atoms with E-state index in [2.05, 4.69) is 36.8 Å². The fourth-order valence-electron chi connectivity index (χ4n) is 1.46. The fourth-order valence-corrected chi connectivity index (χ4v) is 2.86. The SMILES string of the molecule is OC(c1cccc(Cl)c1)c1ncc(Br)cc1Br. The quantitative estimate of drug-likeness (QED) is 0.844. The molecule has 1 N–H and O–H groups in total. The maximum atomic E-state index is 10.2. The van der Waals surface area contributed by atoms with Gasteiger partial charge in [0.25, 0.3) is 0 Å². The molecule has 0 aliphatic heterocycles. The number of halogens is 3. The first-order valence-electron chi connectivity index (χ1n) is 4.82. The van der Waals surface area contributed by atoms with Crippen LogP contribution in [0.15, 0.2) is 45.5 Å². The van der Waals surface area contributed by atoms with Crippen LogP contribution in [0.2, 0.25) is 5.02 Å². The van der Waals surface area contributed by atoms with Crippen LogP contribution in [0.5, 0.6) is 0 Å². The Labute approximate surface area is 121 Å². The molecule has 88 valence electrons. The number of pyridine rings is 1. The molecule has 1 atom stereocenters. The fraction of sp³-hybridized carbons (Fsp3) is 0.0833. The Kier molecular flexibility index (Phi) is 4.20. The van der Waals surface area contributed by atoms with E-state index < -0.39 is 6.10 Å². The van der Waals surface area contributed by atoms with Crippen molar-refractivity contribution < 1.29 is 5.11 Å². The third-order valence-electron chi connectivity index (χ3n) is 2.26. The van der Waals surface area contributed by atoms with Crippen LogP contribution in [-0.4, -0.2) is 10.1 Å². The lowest BCUT2D eigenvalue weighted by atomic mass is 10.1. The van der Waals surface area contributed by atoms with Crippen LogP contribution < -0.4 is 0 Å². The number of nitrogens with zero attached hydrogens (tertiary/aromatic N) is 1. The van der Waals surface area contributed by atoms with Crippen LogP contribution >= 0.6 is 43.5 Å². The van der Waals surface area contributed by atoms with Crippen molar-refractivity contribution in [3.8, 4) is 0 Å². The third kappa shape index (κ3) is 3.07. The number of aliphatic hydroxyl groups is 1. The molecule has 0 spiro atoms. The molecular formula is C12H8Br2ClNO. The summed E-state index contributed by atoms with van der Waals surface area (Å²) in [5.74, 6) is 0. The van der Waals surface area contributed by atoms with Crippen LogP contribution in [0.3, 0.4) is 0 Å². The molecule has 17 heavy (non-hydrogen) atoms. The van der Waals surface area contributed by atoms with Gasteiger partial charge in [0.2, 0.25) is 0 Å². The van der Waals surface area contributed by atoms with Crippen molar-refractivity contribution in [3.63, 3.8) is 0 Å². The Morgan fingerprint density at radius 3 is 2.65 bits per heavy atom. The van der Waals surface area contributed by atoms with Gasteiger partial charge in [-0.15, -0.1) is 0 Å². The van der Waals surface area contributed by atoms with Gasteiger partial charge in [-0.2, -0.15) is 0 Å². The van der Waals surface area contributed by atoms with Crippen molar-refractivity contribution in [2.24, 2.45) is 0 Å². The summed E-state index contributed by atoms with van der Waals surface area (Å²) in [6.07, 6.45) is 0.851. The minimum absolute atomic E-state index is 0.565. The monoisotopic (exact) mass is 375 g/mol. The average molecular weight is 377 g/mol. The zero-order chi connectivity index (χ0) is 12.4. The summed E-state index contributed by atoms with van der Waals surface area (Å²) in [5, 5.41) is 10.8. The summed E-state index contributed by atoms with van der Waals surface area (Å²) < 4.78 is 1.60. The summed E-state index contributed by atoms with van der Waals surface area (Å²) in [4.78, 5) is 4.20. The number of aromatic nitrogens is 1. The molecular weight excluding hydrogens is 369 g/mol. The van der Waals surface area contributed by atoms with E-state index in [4.69, 9.17) is 11.6 Å². The van der Waals surface area contributed by atoms with E-state index in [-0.39, 0.29) is 0 Å². The van der Waals surface area contributed by atoms with Gasteiger partial charge in [-0.3, -0.25) is 4.98 Å². The molecule has 0 saturated heterocycles. The van der Waals surface area contributed by atoms with Gasteiger partial charge < -0.3 is 5.11 Å². The maximum absolute atomic E-state index is 10.2. The first-order valence-corrected chi connectivity index (χ1v) is 6.79. The van der Waals surface area contributed by atoms with Crippen molar-refractivity contribution in [3.05, 3.63) is 61.8 Å². The Morgan fingerprint density at radius 2 is 2.00 bits per heavy atom. The highest BCUT2D eigenvalue weighted by atomic mass is 79.9. The third-order valence-corrected chi connectivity index (χ3v) is 3.56. The zero-order valence-corrected chi connectivity index (χ0v) is 12.5. The van der Waals surface area contributed by atoms with Gasteiger partial charge in [-0.05, 0) is 55.6 Å². The van der Waals surface area contributed by atoms with Gasteiger partial charge in [-0.25, -0.2) is 0 Å². The number of rotatable bonds is 2. The number of hydrogen-bond acceptors (Lipinski definition) is 2. The molecule has 0 aliphatic carbocycles. The predicted molar refractivity (Wildman–Crippen MR) is 75.2 cm³/mol. The van der Waals surface area contributed by atoms with E-state index in [1.807, 2.05) is 12.1 Å². The highest BCUT2D eigenvalue weighted by Crippen LogP contribution is 2.29. The molecule has 0 amide bonds. The minimum atomic E-state index is -0.795. The Morgan fingerprint density at radius 1 is 1.24 bits per heavy atom. The molecule has 5 heteroatoms. The molecule has 0 saturated carbocycles. The van der Waals surface area contributed by atoms with Gasteiger partial charge >= 0.3 is 0 Å². The molecule has 0 aliphatic rings. The molecule has 1 aromatic heterocycles. The summed E-state index contributed by atoms with van der Waals surface area (Å²) in [6.45, 7) is 0. The Hall–Kier alpha value is -0.420. The van der Waals surface area contributed by atoms with E-state index in [0.717, 1.165) is 8.95 Å². The zero-order valence-electron chi connectivity index (χ0n) is 8.57. The number of benzene rings is 1. The van der Waals surface area contributed by atoms with E-state index in [9.17, 15) is 5.11 Å². The second-order valence-corrected chi connectivity index (χ2v) is 5.68. The molecule has 0 fully saturated rings. The first kappa shape index (κ1) is 13.0. The molecule has 1 unspecified atom stereocenters. The normalized spacial score (nSPS) is 12.5. The van der Waals surface area contributed by atoms with Crippen molar-refractivity contribution in [2.75, 3.05) is 0 Å². The van der Waals surface area contributed by atoms with Gasteiger partial charge in [0.1, 0.15) is 6.10 Å². The summed E-state index contributed by atoms with van der Waals surface area (Å²) >= 11 is 12.6. The highest BCUT2D eigenvalue weighted by molar-refractivity contribution is 9.11. The topological polar surface area (TPSA) is 33.1 Å². The molecule has 0 radical (unpaired) electrons. The second-order valence-electron chi connectivity index (χ2n) is 3.48. The Bertz CT molecular complexity index is 548. The highest BCUT2D eigenvalue weighted by Gasteiger charge is 2.15. The standard InChI is InChI=1S/C12H8Br2ClNO/c13-8-5-10(14)11(16-6-8)12(17)7-2-1-3-9(15)4-7/h1-6,12,17H. The molecule has 1 heterocycles. The van der Waals surface area contributed by atoms with Crippen LogP contribution in [0.4, 0.5) is 0 Å². The molecule has 2 nitrogen and oxygen atoms in total.